The first kappa shape index (κ1) is 12.4. The number of rotatable bonds is 2. The molecule has 1 atom stereocenters. The molecule has 0 aromatic carbocycles. The van der Waals surface area contributed by atoms with Gasteiger partial charge >= 0.3 is 0 Å². The number of ketones is 1. The van der Waals surface area contributed by atoms with Gasteiger partial charge in [0.1, 0.15) is 4.34 Å². The van der Waals surface area contributed by atoms with Crippen molar-refractivity contribution in [3.8, 4) is 0 Å². The Morgan fingerprint density at radius 1 is 1.50 bits per heavy atom. The van der Waals surface area contributed by atoms with Crippen LogP contribution < -0.4 is 0 Å². The Balaban J connectivity index is 2.29. The van der Waals surface area contributed by atoms with Gasteiger partial charge in [-0.1, -0.05) is 43.5 Å². The zero-order valence-corrected chi connectivity index (χ0v) is 11.7. The standard InChI is InChI=1S/C12H14Cl2OS/c1-12(2)5-3-4-8(12)10(15)7-6-9(13)16-11(7)14/h6,8H,3-5H2,1-2H3. The third-order valence-electron chi connectivity index (χ3n) is 3.50. The van der Waals surface area contributed by atoms with Gasteiger partial charge in [-0.15, -0.1) is 11.3 Å². The second-order valence-electron chi connectivity index (χ2n) is 5.04. The predicted molar refractivity (Wildman–Crippen MR) is 69.8 cm³/mol. The fourth-order valence-electron chi connectivity index (χ4n) is 2.51. The topological polar surface area (TPSA) is 17.1 Å². The highest BCUT2D eigenvalue weighted by Crippen LogP contribution is 2.45. The summed E-state index contributed by atoms with van der Waals surface area (Å²) in [7, 11) is 0. The normalized spacial score (nSPS) is 23.6. The Labute approximate surface area is 110 Å². The minimum Gasteiger partial charge on any atom is -0.294 e. The molecule has 0 saturated heterocycles. The van der Waals surface area contributed by atoms with E-state index in [9.17, 15) is 4.79 Å². The van der Waals surface area contributed by atoms with Crippen molar-refractivity contribution < 1.29 is 4.79 Å². The van der Waals surface area contributed by atoms with Crippen LogP contribution in [-0.4, -0.2) is 5.78 Å². The summed E-state index contributed by atoms with van der Waals surface area (Å²) in [5.41, 5.74) is 0.700. The lowest BCUT2D eigenvalue weighted by Crippen LogP contribution is -2.25. The summed E-state index contributed by atoms with van der Waals surface area (Å²) in [4.78, 5) is 12.4. The molecule has 0 N–H and O–H groups in total. The monoisotopic (exact) mass is 276 g/mol. The van der Waals surface area contributed by atoms with Gasteiger partial charge < -0.3 is 0 Å². The van der Waals surface area contributed by atoms with Gasteiger partial charge in [0.2, 0.25) is 0 Å². The Morgan fingerprint density at radius 2 is 2.19 bits per heavy atom. The predicted octanol–water partition coefficient (Wildman–Crippen LogP) is 5.06. The van der Waals surface area contributed by atoms with Crippen molar-refractivity contribution in [1.82, 2.24) is 0 Å². The number of thiophene rings is 1. The SMILES string of the molecule is CC1(C)CCCC1C(=O)c1cc(Cl)sc1Cl. The molecule has 88 valence electrons. The largest absolute Gasteiger partial charge is 0.294 e. The lowest BCUT2D eigenvalue weighted by Gasteiger charge is -2.25. The van der Waals surface area contributed by atoms with E-state index in [1.807, 2.05) is 0 Å². The van der Waals surface area contributed by atoms with Crippen LogP contribution in [-0.2, 0) is 0 Å². The molecule has 1 nitrogen and oxygen atoms in total. The number of hydrogen-bond acceptors (Lipinski definition) is 2. The van der Waals surface area contributed by atoms with Crippen LogP contribution in [0.3, 0.4) is 0 Å². The summed E-state index contributed by atoms with van der Waals surface area (Å²) in [5.74, 6) is 0.256. The minimum atomic E-state index is 0.0921. The van der Waals surface area contributed by atoms with Crippen LogP contribution in [0.2, 0.25) is 8.67 Å². The van der Waals surface area contributed by atoms with Crippen molar-refractivity contribution >= 4 is 40.3 Å². The highest BCUT2D eigenvalue weighted by molar-refractivity contribution is 7.20. The number of hydrogen-bond donors (Lipinski definition) is 0. The minimum absolute atomic E-state index is 0.0921. The number of carbonyl (C=O) groups excluding carboxylic acids is 1. The molecule has 0 amide bonds. The smallest absolute Gasteiger partial charge is 0.168 e. The first-order valence-electron chi connectivity index (χ1n) is 5.41. The second kappa shape index (κ2) is 4.32. The van der Waals surface area contributed by atoms with E-state index in [4.69, 9.17) is 23.2 Å². The fraction of sp³-hybridized carbons (Fsp3) is 0.583. The van der Waals surface area contributed by atoms with Gasteiger partial charge in [0.05, 0.1) is 4.34 Å². The molecule has 1 heterocycles. The molecule has 0 spiro atoms. The van der Waals surface area contributed by atoms with Crippen LogP contribution in [0, 0.1) is 11.3 Å². The molecule has 4 heteroatoms. The highest BCUT2D eigenvalue weighted by atomic mass is 35.5. The van der Waals surface area contributed by atoms with Crippen molar-refractivity contribution in [2.24, 2.45) is 11.3 Å². The molecular formula is C12H14Cl2OS. The van der Waals surface area contributed by atoms with Gasteiger partial charge in [0, 0.05) is 11.5 Å². The Bertz CT molecular complexity index is 423. The van der Waals surface area contributed by atoms with Crippen molar-refractivity contribution in [2.75, 3.05) is 0 Å². The van der Waals surface area contributed by atoms with Crippen molar-refractivity contribution in [3.05, 3.63) is 20.3 Å². The van der Waals surface area contributed by atoms with Crippen molar-refractivity contribution in [1.29, 1.82) is 0 Å². The van der Waals surface area contributed by atoms with Crippen LogP contribution in [0.25, 0.3) is 0 Å². The van der Waals surface area contributed by atoms with Crippen LogP contribution in [0.15, 0.2) is 6.07 Å². The van der Waals surface area contributed by atoms with Crippen molar-refractivity contribution in [2.45, 2.75) is 33.1 Å². The van der Waals surface area contributed by atoms with E-state index in [-0.39, 0.29) is 17.1 Å². The molecule has 1 unspecified atom stereocenters. The molecule has 0 aliphatic heterocycles. The number of carbonyl (C=O) groups is 1. The summed E-state index contributed by atoms with van der Waals surface area (Å²) in [6.07, 6.45) is 3.20. The summed E-state index contributed by atoms with van der Waals surface area (Å²) in [5, 5.41) is 0. The van der Waals surface area contributed by atoms with Crippen LogP contribution in [0.5, 0.6) is 0 Å². The zero-order chi connectivity index (χ0) is 11.9. The Morgan fingerprint density at radius 3 is 2.62 bits per heavy atom. The lowest BCUT2D eigenvalue weighted by molar-refractivity contribution is 0.0840. The fourth-order valence-corrected chi connectivity index (χ4v) is 3.98. The van der Waals surface area contributed by atoms with Gasteiger partial charge in [-0.25, -0.2) is 0 Å². The molecular weight excluding hydrogens is 263 g/mol. The van der Waals surface area contributed by atoms with E-state index in [1.54, 1.807) is 6.07 Å². The van der Waals surface area contributed by atoms with E-state index < -0.39 is 0 Å². The molecule has 0 bridgehead atoms. The number of halogens is 2. The van der Waals surface area contributed by atoms with Crippen LogP contribution in [0.4, 0.5) is 0 Å². The third kappa shape index (κ3) is 2.15. The van der Waals surface area contributed by atoms with Crippen LogP contribution >= 0.6 is 34.5 Å². The summed E-state index contributed by atoms with van der Waals surface area (Å²) in [6.45, 7) is 4.31. The maximum Gasteiger partial charge on any atom is 0.168 e. The molecule has 16 heavy (non-hydrogen) atoms. The lowest BCUT2D eigenvalue weighted by atomic mass is 9.78. The zero-order valence-electron chi connectivity index (χ0n) is 9.35. The van der Waals surface area contributed by atoms with E-state index in [2.05, 4.69) is 13.8 Å². The average molecular weight is 277 g/mol. The highest BCUT2D eigenvalue weighted by Gasteiger charge is 2.40. The van der Waals surface area contributed by atoms with Crippen molar-refractivity contribution in [3.63, 3.8) is 0 Å². The van der Waals surface area contributed by atoms with Gasteiger partial charge in [-0.05, 0) is 24.3 Å². The van der Waals surface area contributed by atoms with Gasteiger partial charge in [-0.2, -0.15) is 0 Å². The van der Waals surface area contributed by atoms with Gasteiger partial charge in [-0.3, -0.25) is 4.79 Å². The Hall–Kier alpha value is -0.0500. The van der Waals surface area contributed by atoms with Crippen LogP contribution in [0.1, 0.15) is 43.5 Å². The molecule has 1 saturated carbocycles. The second-order valence-corrected chi connectivity index (χ2v) is 7.32. The summed E-state index contributed by atoms with van der Waals surface area (Å²) < 4.78 is 1.11. The summed E-state index contributed by atoms with van der Waals surface area (Å²) in [6, 6.07) is 1.70. The molecule has 2 rings (SSSR count). The Kier molecular flexibility index (Phi) is 3.35. The first-order chi connectivity index (χ1) is 7.42. The molecule has 1 aromatic rings. The van der Waals surface area contributed by atoms with E-state index >= 15 is 0 Å². The molecule has 1 aliphatic carbocycles. The van der Waals surface area contributed by atoms with E-state index in [0.717, 1.165) is 19.3 Å². The maximum atomic E-state index is 12.4. The molecule has 0 radical (unpaired) electrons. The maximum absolute atomic E-state index is 12.4. The quantitative estimate of drug-likeness (QED) is 0.690. The summed E-state index contributed by atoms with van der Waals surface area (Å²) >= 11 is 13.2. The van der Waals surface area contributed by atoms with E-state index in [0.29, 0.717) is 14.2 Å². The molecule has 1 aromatic heterocycles. The number of Topliss-reactive ketones (excluding diaryl/α,β-unsaturated/α-hetero) is 1. The van der Waals surface area contributed by atoms with E-state index in [1.165, 1.54) is 11.3 Å². The third-order valence-corrected chi connectivity index (χ3v) is 4.98. The van der Waals surface area contributed by atoms with Gasteiger partial charge in [0.25, 0.3) is 0 Å². The molecule has 1 aliphatic rings. The molecule has 1 fully saturated rings. The first-order valence-corrected chi connectivity index (χ1v) is 6.98. The van der Waals surface area contributed by atoms with Gasteiger partial charge in [0.15, 0.2) is 5.78 Å². The average Bonchev–Trinajstić information content (AvgIpc) is 2.68.